The third-order valence-corrected chi connectivity index (χ3v) is 4.84. The van der Waals surface area contributed by atoms with Crippen molar-refractivity contribution >= 4 is 22.6 Å². The van der Waals surface area contributed by atoms with E-state index in [0.29, 0.717) is 12.0 Å². The molecule has 0 aliphatic carbocycles. The number of benzene rings is 3. The van der Waals surface area contributed by atoms with Crippen LogP contribution in [0.4, 0.5) is 0 Å². The Bertz CT molecular complexity index is 989. The normalized spacial score (nSPS) is 11.8. The molecule has 3 rings (SSSR count). The Balaban J connectivity index is 1.86. The molecule has 4 heteroatoms. The van der Waals surface area contributed by atoms with Gasteiger partial charge in [0.25, 0.3) is 5.91 Å². The van der Waals surface area contributed by atoms with E-state index in [1.807, 2.05) is 68.4 Å². The summed E-state index contributed by atoms with van der Waals surface area (Å²) in [6.45, 7) is 4.07. The van der Waals surface area contributed by atoms with Crippen molar-refractivity contribution in [1.82, 2.24) is 5.32 Å². The number of esters is 1. The van der Waals surface area contributed by atoms with Gasteiger partial charge in [-0.25, -0.2) is 4.79 Å². The van der Waals surface area contributed by atoms with Crippen molar-refractivity contribution < 1.29 is 14.3 Å². The van der Waals surface area contributed by atoms with Gasteiger partial charge in [-0.3, -0.25) is 4.79 Å². The monoisotopic (exact) mass is 361 g/mol. The number of nitrogens with one attached hydrogen (secondary N) is 1. The zero-order chi connectivity index (χ0) is 19.4. The first-order chi connectivity index (χ1) is 13.0. The van der Waals surface area contributed by atoms with Crippen LogP contribution in [-0.2, 0) is 16.0 Å². The number of aryl methyl sites for hydroxylation is 2. The lowest BCUT2D eigenvalue weighted by Gasteiger charge is -2.18. The third kappa shape index (κ3) is 4.17. The molecule has 27 heavy (non-hydrogen) atoms. The molecule has 0 fully saturated rings. The van der Waals surface area contributed by atoms with Crippen LogP contribution in [0.1, 0.15) is 27.0 Å². The van der Waals surface area contributed by atoms with Crippen molar-refractivity contribution in [2.24, 2.45) is 0 Å². The van der Waals surface area contributed by atoms with Crippen LogP contribution in [0.3, 0.4) is 0 Å². The molecule has 0 saturated carbocycles. The highest BCUT2D eigenvalue weighted by molar-refractivity contribution is 6.08. The number of hydrogen-bond acceptors (Lipinski definition) is 3. The molecule has 0 unspecified atom stereocenters. The van der Waals surface area contributed by atoms with E-state index >= 15 is 0 Å². The lowest BCUT2D eigenvalue weighted by atomic mass is 10.00. The highest BCUT2D eigenvalue weighted by Crippen LogP contribution is 2.19. The van der Waals surface area contributed by atoms with E-state index in [1.165, 1.54) is 12.7 Å². The van der Waals surface area contributed by atoms with Gasteiger partial charge < -0.3 is 10.1 Å². The Morgan fingerprint density at radius 2 is 1.70 bits per heavy atom. The van der Waals surface area contributed by atoms with E-state index in [0.717, 1.165) is 21.9 Å². The topological polar surface area (TPSA) is 55.4 Å². The summed E-state index contributed by atoms with van der Waals surface area (Å²) in [5, 5.41) is 4.68. The molecule has 4 nitrogen and oxygen atoms in total. The third-order valence-electron chi connectivity index (χ3n) is 4.84. The number of amides is 1. The number of carbonyl (C=O) groups excluding carboxylic acids is 2. The van der Waals surface area contributed by atoms with E-state index in [4.69, 9.17) is 4.74 Å². The van der Waals surface area contributed by atoms with Crippen molar-refractivity contribution in [3.8, 4) is 0 Å². The maximum Gasteiger partial charge on any atom is 0.328 e. The zero-order valence-electron chi connectivity index (χ0n) is 15.8. The van der Waals surface area contributed by atoms with Gasteiger partial charge in [-0.2, -0.15) is 0 Å². The fourth-order valence-corrected chi connectivity index (χ4v) is 3.16. The van der Waals surface area contributed by atoms with Gasteiger partial charge in [-0.1, -0.05) is 54.6 Å². The average Bonchev–Trinajstić information content (AvgIpc) is 2.69. The van der Waals surface area contributed by atoms with Crippen molar-refractivity contribution in [1.29, 1.82) is 0 Å². The smallest absolute Gasteiger partial charge is 0.328 e. The van der Waals surface area contributed by atoms with Crippen LogP contribution in [0.25, 0.3) is 10.8 Å². The van der Waals surface area contributed by atoms with E-state index in [9.17, 15) is 9.59 Å². The Morgan fingerprint density at radius 1 is 0.963 bits per heavy atom. The van der Waals surface area contributed by atoms with E-state index < -0.39 is 12.0 Å². The number of ether oxygens (including phenoxy) is 1. The predicted octanol–water partition coefficient (Wildman–Crippen LogP) is 3.97. The first-order valence-electron chi connectivity index (χ1n) is 8.92. The van der Waals surface area contributed by atoms with Gasteiger partial charge in [0.05, 0.1) is 7.11 Å². The minimum Gasteiger partial charge on any atom is -0.467 e. The molecule has 0 heterocycles. The van der Waals surface area contributed by atoms with E-state index in [1.54, 1.807) is 6.07 Å². The molecule has 0 aliphatic heterocycles. The number of fused-ring (bicyclic) bond motifs is 1. The summed E-state index contributed by atoms with van der Waals surface area (Å²) in [7, 11) is 1.33. The van der Waals surface area contributed by atoms with E-state index in [2.05, 4.69) is 5.32 Å². The summed E-state index contributed by atoms with van der Waals surface area (Å²) in [6, 6.07) is 18.5. The van der Waals surface area contributed by atoms with Crippen molar-refractivity contribution in [3.63, 3.8) is 0 Å². The summed E-state index contributed by atoms with van der Waals surface area (Å²) in [4.78, 5) is 25.1. The molecule has 0 spiro atoms. The molecule has 0 aliphatic rings. The largest absolute Gasteiger partial charge is 0.467 e. The predicted molar refractivity (Wildman–Crippen MR) is 107 cm³/mol. The summed E-state index contributed by atoms with van der Waals surface area (Å²) in [5.74, 6) is -0.743. The molecular weight excluding hydrogens is 338 g/mol. The molecule has 3 aromatic rings. The van der Waals surface area contributed by atoms with Gasteiger partial charge in [-0.15, -0.1) is 0 Å². The van der Waals surface area contributed by atoms with Gasteiger partial charge in [0.1, 0.15) is 6.04 Å². The Hall–Kier alpha value is -3.14. The maximum absolute atomic E-state index is 12.9. The second kappa shape index (κ2) is 8.04. The molecule has 1 N–H and O–H groups in total. The highest BCUT2D eigenvalue weighted by atomic mass is 16.5. The fraction of sp³-hybridized carbons (Fsp3) is 0.217. The standard InChI is InChI=1S/C23H23NO3/c1-15-11-12-17(13-16(15)2)14-21(23(26)27-3)24-22(25)20-10-6-8-18-7-4-5-9-19(18)20/h4-13,21H,14H2,1-3H3,(H,24,25)/t21-/m0/s1. The van der Waals surface area contributed by atoms with Crippen LogP contribution in [-0.4, -0.2) is 25.0 Å². The summed E-state index contributed by atoms with van der Waals surface area (Å²) < 4.78 is 4.91. The maximum atomic E-state index is 12.9. The molecule has 138 valence electrons. The van der Waals surface area contributed by atoms with Crippen molar-refractivity contribution in [3.05, 3.63) is 82.9 Å². The minimum absolute atomic E-state index is 0.286. The molecule has 0 saturated heterocycles. The Kier molecular flexibility index (Phi) is 5.55. The Labute approximate surface area is 159 Å². The van der Waals surface area contributed by atoms with Crippen molar-refractivity contribution in [2.45, 2.75) is 26.3 Å². The molecule has 3 aromatic carbocycles. The number of methoxy groups -OCH3 is 1. The molecule has 1 amide bonds. The summed E-state index contributed by atoms with van der Waals surface area (Å²) >= 11 is 0. The number of carbonyl (C=O) groups is 2. The lowest BCUT2D eigenvalue weighted by Crippen LogP contribution is -2.43. The second-order valence-electron chi connectivity index (χ2n) is 6.70. The average molecular weight is 361 g/mol. The minimum atomic E-state index is -0.747. The molecule has 0 aromatic heterocycles. The molecule has 0 radical (unpaired) electrons. The molecule has 1 atom stereocenters. The highest BCUT2D eigenvalue weighted by Gasteiger charge is 2.23. The van der Waals surface area contributed by atoms with E-state index in [-0.39, 0.29) is 5.91 Å². The van der Waals surface area contributed by atoms with Gasteiger partial charge >= 0.3 is 5.97 Å². The lowest BCUT2D eigenvalue weighted by molar-refractivity contribution is -0.142. The molecule has 0 bridgehead atoms. The Morgan fingerprint density at radius 3 is 2.44 bits per heavy atom. The van der Waals surface area contributed by atoms with Gasteiger partial charge in [0, 0.05) is 12.0 Å². The number of rotatable bonds is 5. The van der Waals surface area contributed by atoms with Crippen LogP contribution in [0, 0.1) is 13.8 Å². The van der Waals surface area contributed by atoms with Crippen LogP contribution in [0.5, 0.6) is 0 Å². The molecular formula is C23H23NO3. The van der Waals surface area contributed by atoms with Gasteiger partial charge in [0.15, 0.2) is 0 Å². The second-order valence-corrected chi connectivity index (χ2v) is 6.70. The van der Waals surface area contributed by atoms with Crippen LogP contribution < -0.4 is 5.32 Å². The number of hydrogen-bond donors (Lipinski definition) is 1. The summed E-state index contributed by atoms with van der Waals surface area (Å²) in [5.41, 5.74) is 3.86. The van der Waals surface area contributed by atoms with Crippen LogP contribution in [0.2, 0.25) is 0 Å². The van der Waals surface area contributed by atoms with Crippen LogP contribution in [0.15, 0.2) is 60.7 Å². The first kappa shape index (κ1) is 18.6. The zero-order valence-corrected chi connectivity index (χ0v) is 15.8. The quantitative estimate of drug-likeness (QED) is 0.700. The van der Waals surface area contributed by atoms with Gasteiger partial charge in [-0.05, 0) is 47.4 Å². The first-order valence-corrected chi connectivity index (χ1v) is 8.92. The summed E-state index contributed by atoms with van der Waals surface area (Å²) in [6.07, 6.45) is 0.379. The van der Waals surface area contributed by atoms with Gasteiger partial charge in [0.2, 0.25) is 0 Å². The SMILES string of the molecule is COC(=O)[C@H](Cc1ccc(C)c(C)c1)NC(=O)c1cccc2ccccc12. The fourth-order valence-electron chi connectivity index (χ4n) is 3.16. The van der Waals surface area contributed by atoms with Crippen molar-refractivity contribution in [2.75, 3.05) is 7.11 Å². The van der Waals surface area contributed by atoms with Crippen LogP contribution >= 0.6 is 0 Å².